The fraction of sp³-hybridized carbons (Fsp3) is 0.438. The van der Waals surface area contributed by atoms with Crippen LogP contribution in [-0.4, -0.2) is 79.2 Å². The summed E-state index contributed by atoms with van der Waals surface area (Å²) < 4.78 is 8.81. The molecule has 0 aromatic carbocycles. The average molecular weight is 470 g/mol. The number of nitrogen functional groups attached to an aromatic ring is 1. The lowest BCUT2D eigenvalue weighted by Gasteiger charge is -2.49. The number of aliphatic carboxylic acids is 1. The van der Waals surface area contributed by atoms with Gasteiger partial charge < -0.3 is 25.7 Å². The molecule has 31 heavy (non-hydrogen) atoms. The molecule has 0 aliphatic carbocycles. The van der Waals surface area contributed by atoms with E-state index in [1.807, 2.05) is 0 Å². The highest BCUT2D eigenvalue weighted by Gasteiger charge is 2.54. The van der Waals surface area contributed by atoms with Crippen LogP contribution in [0, 0.1) is 0 Å². The van der Waals surface area contributed by atoms with Gasteiger partial charge in [0.1, 0.15) is 30.3 Å². The fourth-order valence-corrected chi connectivity index (χ4v) is 4.60. The Kier molecular flexibility index (Phi) is 6.74. The average Bonchev–Trinajstić information content (AvgIpc) is 3.15. The molecule has 0 spiro atoms. The highest BCUT2D eigenvalue weighted by molar-refractivity contribution is 8.00. The highest BCUT2D eigenvalue weighted by Crippen LogP contribution is 2.40. The molecule has 3 rings (SSSR count). The number of hydrogen-bond donors (Lipinski definition) is 3. The third-order valence-corrected chi connectivity index (χ3v) is 6.02. The van der Waals surface area contributed by atoms with Gasteiger partial charge in [0.15, 0.2) is 5.13 Å². The number of nitrogens with two attached hydrogens (primary N) is 1. The second-order valence-corrected chi connectivity index (χ2v) is 8.10. The minimum absolute atomic E-state index is 0.0526. The summed E-state index contributed by atoms with van der Waals surface area (Å²) >= 11 is 2.10. The first kappa shape index (κ1) is 22.5. The summed E-state index contributed by atoms with van der Waals surface area (Å²) in [4.78, 5) is 58.1. The predicted octanol–water partition coefficient (Wildman–Crippen LogP) is -0.837. The van der Waals surface area contributed by atoms with E-state index in [1.165, 1.54) is 18.7 Å². The van der Waals surface area contributed by atoms with E-state index >= 15 is 0 Å². The maximum atomic E-state index is 12.7. The Labute approximate surface area is 183 Å². The van der Waals surface area contributed by atoms with Gasteiger partial charge in [0.2, 0.25) is 11.5 Å². The van der Waals surface area contributed by atoms with Gasteiger partial charge in [-0.25, -0.2) is 4.79 Å². The molecule has 2 aliphatic heterocycles. The lowest BCUT2D eigenvalue weighted by atomic mass is 10.0. The van der Waals surface area contributed by atoms with Crippen molar-refractivity contribution in [1.29, 1.82) is 0 Å². The molecule has 1 aromatic rings. The van der Waals surface area contributed by atoms with Gasteiger partial charge in [-0.05, 0) is 6.92 Å². The van der Waals surface area contributed by atoms with Crippen molar-refractivity contribution in [3.8, 4) is 0 Å². The molecule has 13 nitrogen and oxygen atoms in total. The van der Waals surface area contributed by atoms with Crippen LogP contribution in [0.25, 0.3) is 0 Å². The number of carbonyl (C=O) groups is 4. The highest BCUT2D eigenvalue weighted by atomic mass is 32.2. The van der Waals surface area contributed by atoms with Gasteiger partial charge in [0.25, 0.3) is 11.8 Å². The minimum Gasteiger partial charge on any atom is -0.477 e. The summed E-state index contributed by atoms with van der Waals surface area (Å²) in [5.74, 6) is -3.13. The molecule has 15 heteroatoms. The van der Waals surface area contributed by atoms with Gasteiger partial charge in [-0.1, -0.05) is 5.16 Å². The quantitative estimate of drug-likeness (QED) is 0.186. The first-order chi connectivity index (χ1) is 14.7. The maximum Gasteiger partial charge on any atom is 0.352 e. The molecule has 1 saturated heterocycles. The number of carbonyl (C=O) groups excluding carboxylic acids is 3. The van der Waals surface area contributed by atoms with Gasteiger partial charge in [-0.2, -0.15) is 9.36 Å². The number of esters is 1. The number of β-lactam (4-membered cyclic amide) rings is 1. The van der Waals surface area contributed by atoms with E-state index in [4.69, 9.17) is 15.3 Å². The number of anilines is 1. The van der Waals surface area contributed by atoms with E-state index in [9.17, 15) is 24.3 Å². The van der Waals surface area contributed by atoms with E-state index in [2.05, 4.69) is 19.8 Å². The molecule has 4 N–H and O–H groups in total. The Hall–Kier alpha value is -3.20. The summed E-state index contributed by atoms with van der Waals surface area (Å²) in [6.45, 7) is 2.82. The van der Waals surface area contributed by atoms with Crippen LogP contribution in [-0.2, 0) is 28.8 Å². The number of ether oxygens (including phenoxy) is 1. The number of fused-ring (bicyclic) bond motifs is 1. The first-order valence-electron chi connectivity index (χ1n) is 8.88. The largest absolute Gasteiger partial charge is 0.477 e. The number of carboxylic acids is 1. The molecule has 166 valence electrons. The molecule has 0 bridgehead atoms. The Morgan fingerprint density at radius 2 is 2.16 bits per heavy atom. The Balaban J connectivity index is 1.78. The topological polar surface area (TPSA) is 186 Å². The van der Waals surface area contributed by atoms with Gasteiger partial charge in [-0.3, -0.25) is 19.3 Å². The van der Waals surface area contributed by atoms with Gasteiger partial charge >= 0.3 is 11.9 Å². The maximum absolute atomic E-state index is 12.7. The van der Waals surface area contributed by atoms with E-state index in [0.29, 0.717) is 5.57 Å². The number of amides is 2. The van der Waals surface area contributed by atoms with E-state index in [0.717, 1.165) is 16.4 Å². The van der Waals surface area contributed by atoms with Crippen LogP contribution in [0.4, 0.5) is 5.13 Å². The van der Waals surface area contributed by atoms with Crippen molar-refractivity contribution in [2.45, 2.75) is 25.3 Å². The van der Waals surface area contributed by atoms with Gasteiger partial charge in [-0.15, -0.1) is 11.8 Å². The first-order valence-corrected chi connectivity index (χ1v) is 10.7. The Morgan fingerprint density at radius 3 is 2.74 bits per heavy atom. The lowest BCUT2D eigenvalue weighted by molar-refractivity contribution is -0.150. The fourth-order valence-electron chi connectivity index (χ4n) is 2.84. The van der Waals surface area contributed by atoms with Crippen molar-refractivity contribution in [2.75, 3.05) is 24.7 Å². The summed E-state index contributed by atoms with van der Waals surface area (Å²) in [7, 11) is 0. The van der Waals surface area contributed by atoms with Gasteiger partial charge in [0, 0.05) is 29.8 Å². The predicted molar refractivity (Wildman–Crippen MR) is 109 cm³/mol. The number of thioether (sulfide) groups is 1. The Bertz CT molecular complexity index is 991. The number of nitrogens with zero attached hydrogens (tertiary/aromatic N) is 4. The van der Waals surface area contributed by atoms with Crippen LogP contribution >= 0.6 is 23.3 Å². The summed E-state index contributed by atoms with van der Waals surface area (Å²) in [6.07, 6.45) is 0. The molecule has 1 fully saturated rings. The SMILES string of the molecule is CCON=C(C(=O)NC1C(=O)N2C(C(=O)O)=C(COC(C)=O)CS[C@H]12)c1nsc(N)n1. The summed E-state index contributed by atoms with van der Waals surface area (Å²) in [5, 5.41) is 15.3. The Morgan fingerprint density at radius 1 is 1.42 bits per heavy atom. The van der Waals surface area contributed by atoms with Crippen LogP contribution < -0.4 is 11.1 Å². The van der Waals surface area contributed by atoms with Crippen molar-refractivity contribution in [3.05, 3.63) is 17.1 Å². The molecule has 2 aliphatic rings. The molecule has 2 atom stereocenters. The second-order valence-electron chi connectivity index (χ2n) is 6.21. The number of hydrogen-bond acceptors (Lipinski definition) is 12. The molecule has 1 aromatic heterocycles. The molecule has 2 amide bonds. The van der Waals surface area contributed by atoms with Crippen LogP contribution in [0.3, 0.4) is 0 Å². The molecular formula is C16H18N6O7S2. The monoisotopic (exact) mass is 470 g/mol. The number of nitrogens with one attached hydrogen (secondary N) is 1. The molecule has 3 heterocycles. The van der Waals surface area contributed by atoms with Crippen molar-refractivity contribution < 1.29 is 33.9 Å². The lowest BCUT2D eigenvalue weighted by Crippen LogP contribution is -2.71. The standard InChI is InChI=1S/C16H18N6O7S2/c1-3-29-20-8(11-19-16(17)31-21-11)12(24)18-9-13(25)22-10(15(26)27)7(4-28-6(2)23)5-30-14(9)22/h9,14H,3-5H2,1-2H3,(H,18,24)(H,26,27)(H2,17,19,21)/t9?,14-/m1/s1. The van der Waals surface area contributed by atoms with E-state index < -0.39 is 35.2 Å². The zero-order chi connectivity index (χ0) is 22.7. The zero-order valence-corrected chi connectivity index (χ0v) is 18.0. The van der Waals surface area contributed by atoms with Crippen molar-refractivity contribution >= 4 is 57.9 Å². The van der Waals surface area contributed by atoms with Crippen LogP contribution in [0.5, 0.6) is 0 Å². The van der Waals surface area contributed by atoms with Crippen molar-refractivity contribution in [3.63, 3.8) is 0 Å². The van der Waals surface area contributed by atoms with Crippen molar-refractivity contribution in [2.24, 2.45) is 5.16 Å². The molecule has 0 saturated carbocycles. The zero-order valence-electron chi connectivity index (χ0n) is 16.4. The molecular weight excluding hydrogens is 452 g/mol. The van der Waals surface area contributed by atoms with Crippen LogP contribution in [0.15, 0.2) is 16.4 Å². The molecule has 1 unspecified atom stereocenters. The number of carboxylic acid groups (broad SMARTS) is 1. The van der Waals surface area contributed by atoms with E-state index in [-0.39, 0.29) is 41.3 Å². The molecule has 0 radical (unpaired) electrons. The van der Waals surface area contributed by atoms with Crippen LogP contribution in [0.2, 0.25) is 0 Å². The normalized spacial score (nSPS) is 20.6. The number of aromatic nitrogens is 2. The minimum atomic E-state index is -1.33. The van der Waals surface area contributed by atoms with Gasteiger partial charge in [0.05, 0.1) is 0 Å². The van der Waals surface area contributed by atoms with E-state index in [1.54, 1.807) is 6.92 Å². The second kappa shape index (κ2) is 9.30. The van der Waals surface area contributed by atoms with Crippen molar-refractivity contribution in [1.82, 2.24) is 19.6 Å². The third-order valence-electron chi connectivity index (χ3n) is 4.14. The number of rotatable bonds is 8. The smallest absolute Gasteiger partial charge is 0.352 e. The van der Waals surface area contributed by atoms with Crippen LogP contribution in [0.1, 0.15) is 19.7 Å². The number of oxime groups is 1. The summed E-state index contributed by atoms with van der Waals surface area (Å²) in [6, 6.07) is -0.995. The third kappa shape index (κ3) is 4.61. The summed E-state index contributed by atoms with van der Waals surface area (Å²) in [5.41, 5.74) is 5.34.